The molecule has 2 rings (SSSR count). The second-order valence-corrected chi connectivity index (χ2v) is 6.70. The number of aliphatic imine (C=N–C) groups is 1. The van der Waals surface area contributed by atoms with Gasteiger partial charge in [0.05, 0.1) is 6.61 Å². The van der Waals surface area contributed by atoms with Crippen molar-refractivity contribution in [3.8, 4) is 0 Å². The molecule has 1 atom stereocenters. The molecule has 1 heterocycles. The lowest BCUT2D eigenvalue weighted by Crippen LogP contribution is -2.44. The fraction of sp³-hybridized carbons (Fsp3) is 0.600. The molecule has 6 nitrogen and oxygen atoms in total. The number of hydrogen-bond acceptors (Lipinski definition) is 3. The maximum absolute atomic E-state index is 12.5. The molecule has 27 heavy (non-hydrogen) atoms. The molecule has 0 aromatic heterocycles. The number of hydrogen-bond donors (Lipinski definition) is 2. The fourth-order valence-electron chi connectivity index (χ4n) is 3.13. The number of carbonyl (C=O) groups is 1. The first-order valence-corrected chi connectivity index (χ1v) is 9.52. The van der Waals surface area contributed by atoms with E-state index in [1.807, 2.05) is 24.8 Å². The number of guanidine groups is 1. The van der Waals surface area contributed by atoms with E-state index in [2.05, 4.69) is 33.8 Å². The molecule has 152 valence electrons. The molecule has 0 saturated carbocycles. The highest BCUT2D eigenvalue weighted by Crippen LogP contribution is 2.19. The number of nitrogens with one attached hydrogen (secondary N) is 2. The summed E-state index contributed by atoms with van der Waals surface area (Å²) in [5, 5.41) is 6.52. The molecule has 1 aromatic rings. The van der Waals surface area contributed by atoms with Gasteiger partial charge in [0, 0.05) is 45.8 Å². The normalized spacial score (nSPS) is 14.8. The van der Waals surface area contributed by atoms with Gasteiger partial charge in [0.1, 0.15) is 0 Å². The average molecular weight is 488 g/mol. The summed E-state index contributed by atoms with van der Waals surface area (Å²) in [6.45, 7) is 7.70. The second kappa shape index (κ2) is 12.9. The Labute approximate surface area is 180 Å². The summed E-state index contributed by atoms with van der Waals surface area (Å²) >= 11 is 0. The predicted octanol–water partition coefficient (Wildman–Crippen LogP) is 2.56. The minimum absolute atomic E-state index is 0. The summed E-state index contributed by atoms with van der Waals surface area (Å²) in [4.78, 5) is 19.0. The number of carbonyl (C=O) groups excluding carboxylic acids is 1. The summed E-state index contributed by atoms with van der Waals surface area (Å²) in [7, 11) is 1.69. The van der Waals surface area contributed by atoms with E-state index in [-0.39, 0.29) is 35.9 Å². The minimum Gasteiger partial charge on any atom is -0.383 e. The molecule has 1 aliphatic heterocycles. The van der Waals surface area contributed by atoms with Crippen molar-refractivity contribution < 1.29 is 9.53 Å². The topological polar surface area (TPSA) is 66.0 Å². The molecular weight excluding hydrogens is 455 g/mol. The molecule has 0 spiro atoms. The van der Waals surface area contributed by atoms with E-state index in [9.17, 15) is 4.79 Å². The zero-order chi connectivity index (χ0) is 18.8. The maximum atomic E-state index is 12.5. The van der Waals surface area contributed by atoms with E-state index >= 15 is 0 Å². The molecule has 1 aromatic carbocycles. The first-order valence-electron chi connectivity index (χ1n) is 9.52. The molecule has 0 bridgehead atoms. The second-order valence-electron chi connectivity index (χ2n) is 6.70. The quantitative estimate of drug-likeness (QED) is 0.256. The first kappa shape index (κ1) is 23.7. The zero-order valence-electron chi connectivity index (χ0n) is 16.7. The Hall–Kier alpha value is -1.35. The van der Waals surface area contributed by atoms with Gasteiger partial charge < -0.3 is 20.3 Å². The number of benzene rings is 1. The van der Waals surface area contributed by atoms with Gasteiger partial charge in [-0.25, -0.2) is 0 Å². The van der Waals surface area contributed by atoms with Crippen LogP contribution in [0.25, 0.3) is 0 Å². The van der Waals surface area contributed by atoms with E-state index < -0.39 is 0 Å². The van der Waals surface area contributed by atoms with Gasteiger partial charge in [0.15, 0.2) is 5.96 Å². The van der Waals surface area contributed by atoms with Gasteiger partial charge in [-0.2, -0.15) is 0 Å². The Morgan fingerprint density at radius 3 is 2.78 bits per heavy atom. The van der Waals surface area contributed by atoms with Gasteiger partial charge in [0.25, 0.3) is 0 Å². The molecule has 1 aliphatic rings. The van der Waals surface area contributed by atoms with Crippen LogP contribution in [-0.4, -0.2) is 56.2 Å². The summed E-state index contributed by atoms with van der Waals surface area (Å²) in [6, 6.07) is 8.58. The Morgan fingerprint density at radius 1 is 1.33 bits per heavy atom. The van der Waals surface area contributed by atoms with Crippen molar-refractivity contribution in [2.24, 2.45) is 4.99 Å². The molecule has 0 fully saturated rings. The van der Waals surface area contributed by atoms with Crippen LogP contribution in [-0.2, 0) is 22.5 Å². The number of amides is 1. The molecule has 1 unspecified atom stereocenters. The molecule has 7 heteroatoms. The summed E-state index contributed by atoms with van der Waals surface area (Å²) in [5.74, 6) is 0.997. The largest absolute Gasteiger partial charge is 0.383 e. The highest BCUT2D eigenvalue weighted by Gasteiger charge is 2.19. The van der Waals surface area contributed by atoms with Gasteiger partial charge in [-0.05, 0) is 37.8 Å². The van der Waals surface area contributed by atoms with Crippen molar-refractivity contribution in [2.45, 2.75) is 45.7 Å². The van der Waals surface area contributed by atoms with Crippen LogP contribution in [0.2, 0.25) is 0 Å². The van der Waals surface area contributed by atoms with Crippen LogP contribution in [0.5, 0.6) is 0 Å². The number of halogens is 1. The highest BCUT2D eigenvalue weighted by molar-refractivity contribution is 14.0. The number of fused-ring (bicyclic) bond motifs is 1. The Balaban J connectivity index is 0.00000364. The van der Waals surface area contributed by atoms with Crippen LogP contribution in [0.15, 0.2) is 29.3 Å². The van der Waals surface area contributed by atoms with Gasteiger partial charge in [0.2, 0.25) is 5.91 Å². The standard InChI is InChI=1S/C20H32N4O2.HI/c1-4-21-20(23-16(2)15-26-3)22-12-7-10-19(25)24-13-11-17-8-5-6-9-18(17)14-24;/h5-6,8-9,16H,4,7,10-15H2,1-3H3,(H2,21,22,23);1H. The molecule has 1 amide bonds. The molecule has 2 N–H and O–H groups in total. The van der Waals surface area contributed by atoms with Crippen LogP contribution in [0.1, 0.15) is 37.8 Å². The molecule has 0 aliphatic carbocycles. The van der Waals surface area contributed by atoms with Gasteiger partial charge in [-0.1, -0.05) is 24.3 Å². The van der Waals surface area contributed by atoms with Crippen molar-refractivity contribution in [3.05, 3.63) is 35.4 Å². The van der Waals surface area contributed by atoms with Gasteiger partial charge in [-0.3, -0.25) is 9.79 Å². The third kappa shape index (κ3) is 8.04. The number of nitrogens with zero attached hydrogens (tertiary/aromatic N) is 2. The number of methoxy groups -OCH3 is 1. The van der Waals surface area contributed by atoms with Crippen LogP contribution < -0.4 is 10.6 Å². The molecular formula is C20H33IN4O2. The lowest BCUT2D eigenvalue weighted by molar-refractivity contribution is -0.132. The monoisotopic (exact) mass is 488 g/mol. The van der Waals surface area contributed by atoms with Gasteiger partial charge >= 0.3 is 0 Å². The van der Waals surface area contributed by atoms with E-state index in [1.54, 1.807) is 7.11 Å². The molecule has 0 saturated heterocycles. The van der Waals surface area contributed by atoms with Crippen molar-refractivity contribution in [1.29, 1.82) is 0 Å². The lowest BCUT2D eigenvalue weighted by Gasteiger charge is -2.28. The van der Waals surface area contributed by atoms with E-state index in [0.717, 1.165) is 38.4 Å². The number of rotatable bonds is 8. The number of ether oxygens (including phenoxy) is 1. The van der Waals surface area contributed by atoms with Crippen LogP contribution in [0.4, 0.5) is 0 Å². The summed E-state index contributed by atoms with van der Waals surface area (Å²) in [6.07, 6.45) is 2.25. The smallest absolute Gasteiger partial charge is 0.222 e. The summed E-state index contributed by atoms with van der Waals surface area (Å²) in [5.41, 5.74) is 2.64. The SMILES string of the molecule is CCNC(=NCCCC(=O)N1CCc2ccccc2C1)NC(C)COC.I. The Kier molecular flexibility index (Phi) is 11.3. The highest BCUT2D eigenvalue weighted by atomic mass is 127. The third-order valence-electron chi connectivity index (χ3n) is 4.45. The van der Waals surface area contributed by atoms with Gasteiger partial charge in [-0.15, -0.1) is 24.0 Å². The Bertz CT molecular complexity index is 609. The van der Waals surface area contributed by atoms with Crippen molar-refractivity contribution >= 4 is 35.8 Å². The minimum atomic E-state index is 0. The third-order valence-corrected chi connectivity index (χ3v) is 4.45. The maximum Gasteiger partial charge on any atom is 0.222 e. The zero-order valence-corrected chi connectivity index (χ0v) is 19.0. The van der Waals surface area contributed by atoms with Crippen LogP contribution in [0.3, 0.4) is 0 Å². The van der Waals surface area contributed by atoms with E-state index in [1.165, 1.54) is 11.1 Å². The van der Waals surface area contributed by atoms with Crippen molar-refractivity contribution in [2.75, 3.05) is 33.4 Å². The molecule has 0 radical (unpaired) electrons. The average Bonchev–Trinajstić information content (AvgIpc) is 2.65. The van der Waals surface area contributed by atoms with Crippen LogP contribution in [0, 0.1) is 0 Å². The van der Waals surface area contributed by atoms with E-state index in [0.29, 0.717) is 19.6 Å². The fourth-order valence-corrected chi connectivity index (χ4v) is 3.13. The summed E-state index contributed by atoms with van der Waals surface area (Å²) < 4.78 is 5.14. The predicted molar refractivity (Wildman–Crippen MR) is 121 cm³/mol. The van der Waals surface area contributed by atoms with E-state index in [4.69, 9.17) is 4.74 Å². The first-order chi connectivity index (χ1) is 12.6. The van der Waals surface area contributed by atoms with Crippen molar-refractivity contribution in [1.82, 2.24) is 15.5 Å². The lowest BCUT2D eigenvalue weighted by atomic mass is 9.99. The Morgan fingerprint density at radius 2 is 2.07 bits per heavy atom. The van der Waals surface area contributed by atoms with Crippen LogP contribution >= 0.6 is 24.0 Å². The van der Waals surface area contributed by atoms with Crippen molar-refractivity contribution in [3.63, 3.8) is 0 Å².